The molecule has 0 bridgehead atoms. The van der Waals surface area contributed by atoms with Crippen LogP contribution in [0, 0.1) is 11.3 Å². The quantitative estimate of drug-likeness (QED) is 0.790. The second-order valence-electron chi connectivity index (χ2n) is 4.82. The minimum absolute atomic E-state index is 0.00233. The Morgan fingerprint density at radius 3 is 2.59 bits per heavy atom. The molecule has 1 aromatic heterocycles. The van der Waals surface area contributed by atoms with E-state index in [0.717, 1.165) is 4.88 Å². The first-order valence-corrected chi connectivity index (χ1v) is 7.80. The highest BCUT2D eigenvalue weighted by molar-refractivity contribution is 7.93. The van der Waals surface area contributed by atoms with Crippen molar-refractivity contribution < 1.29 is 8.42 Å². The maximum Gasteiger partial charge on any atom is 0.209 e. The molecule has 0 atom stereocenters. The molecule has 94 valence electrons. The van der Waals surface area contributed by atoms with Gasteiger partial charge in [0, 0.05) is 17.5 Å². The van der Waals surface area contributed by atoms with Gasteiger partial charge >= 0.3 is 0 Å². The molecule has 0 saturated heterocycles. The lowest BCUT2D eigenvalue weighted by Gasteiger charge is -2.14. The molecular formula is C11H16N2O2S2. The second kappa shape index (κ2) is 5.15. The zero-order chi connectivity index (χ0) is 13.1. The number of nitriles is 1. The Balaban J connectivity index is 2.87. The third-order valence-corrected chi connectivity index (χ3v) is 5.88. The molecule has 0 unspecified atom stereocenters. The number of rotatable bonds is 4. The van der Waals surface area contributed by atoms with Gasteiger partial charge in [0.2, 0.25) is 14.2 Å². The van der Waals surface area contributed by atoms with Gasteiger partial charge in [0.05, 0.1) is 11.8 Å². The summed E-state index contributed by atoms with van der Waals surface area (Å²) < 4.78 is 23.9. The van der Waals surface area contributed by atoms with E-state index in [9.17, 15) is 8.42 Å². The van der Waals surface area contributed by atoms with Crippen LogP contribution in [0.2, 0.25) is 0 Å². The van der Waals surface area contributed by atoms with Crippen molar-refractivity contribution in [3.8, 4) is 6.07 Å². The highest BCUT2D eigenvalue weighted by Gasteiger charge is 2.23. The topological polar surface area (TPSA) is 70.8 Å². The van der Waals surface area contributed by atoms with Crippen molar-refractivity contribution in [1.82, 2.24) is 4.98 Å². The van der Waals surface area contributed by atoms with Gasteiger partial charge in [-0.2, -0.15) is 5.26 Å². The fourth-order valence-corrected chi connectivity index (χ4v) is 3.82. The number of unbranched alkanes of at least 4 members (excludes halogenated alkanes) is 1. The molecule has 17 heavy (non-hydrogen) atoms. The Morgan fingerprint density at radius 2 is 2.12 bits per heavy atom. The molecule has 0 aliphatic heterocycles. The smallest absolute Gasteiger partial charge is 0.209 e. The number of aromatic nitrogens is 1. The van der Waals surface area contributed by atoms with Crippen LogP contribution in [0.3, 0.4) is 0 Å². The molecule has 0 radical (unpaired) electrons. The van der Waals surface area contributed by atoms with Crippen molar-refractivity contribution in [1.29, 1.82) is 5.26 Å². The van der Waals surface area contributed by atoms with Gasteiger partial charge in [0.25, 0.3) is 0 Å². The fourth-order valence-electron chi connectivity index (χ4n) is 1.18. The molecule has 0 N–H and O–H groups in total. The van der Waals surface area contributed by atoms with Crippen LogP contribution in [-0.4, -0.2) is 19.2 Å². The standard InChI is InChI=1S/C11H16N2O2S2/c1-11(2,3)9-8-13-10(16-9)17(14,15)7-5-4-6-12/h8H,4-5,7H2,1-3H3. The average molecular weight is 272 g/mol. The summed E-state index contributed by atoms with van der Waals surface area (Å²) in [6, 6.07) is 1.94. The Morgan fingerprint density at radius 1 is 1.47 bits per heavy atom. The zero-order valence-electron chi connectivity index (χ0n) is 10.2. The van der Waals surface area contributed by atoms with Crippen LogP contribution in [0.4, 0.5) is 0 Å². The van der Waals surface area contributed by atoms with Crippen molar-refractivity contribution >= 4 is 21.2 Å². The molecule has 0 saturated carbocycles. The van der Waals surface area contributed by atoms with Crippen molar-refractivity contribution in [2.75, 3.05) is 5.75 Å². The molecule has 0 aromatic carbocycles. The maximum atomic E-state index is 11.9. The lowest BCUT2D eigenvalue weighted by Crippen LogP contribution is -2.08. The van der Waals surface area contributed by atoms with Crippen molar-refractivity contribution in [3.05, 3.63) is 11.1 Å². The summed E-state index contributed by atoms with van der Waals surface area (Å²) in [6.45, 7) is 6.06. The normalized spacial score (nSPS) is 12.4. The Hall–Kier alpha value is -0.930. The molecule has 0 fully saturated rings. The minimum Gasteiger partial charge on any atom is -0.233 e. The van der Waals surface area contributed by atoms with Crippen LogP contribution in [0.25, 0.3) is 0 Å². The number of thiazole rings is 1. The maximum absolute atomic E-state index is 11.9. The lowest BCUT2D eigenvalue weighted by molar-refractivity contribution is 0.592. The van der Waals surface area contributed by atoms with Crippen LogP contribution < -0.4 is 0 Å². The number of hydrogen-bond donors (Lipinski definition) is 0. The summed E-state index contributed by atoms with van der Waals surface area (Å²) in [5.74, 6) is -0.00233. The highest BCUT2D eigenvalue weighted by atomic mass is 32.2. The first-order valence-electron chi connectivity index (χ1n) is 5.33. The number of sulfone groups is 1. The minimum atomic E-state index is -3.32. The molecular weight excluding hydrogens is 256 g/mol. The van der Waals surface area contributed by atoms with Gasteiger partial charge in [-0.05, 0) is 11.8 Å². The fraction of sp³-hybridized carbons (Fsp3) is 0.636. The van der Waals surface area contributed by atoms with E-state index in [2.05, 4.69) is 4.98 Å². The first-order chi connectivity index (χ1) is 7.77. The van der Waals surface area contributed by atoms with Crippen molar-refractivity contribution in [3.63, 3.8) is 0 Å². The van der Waals surface area contributed by atoms with Gasteiger partial charge in [0.1, 0.15) is 0 Å². The molecule has 0 amide bonds. The molecule has 0 aliphatic carbocycles. The third-order valence-electron chi connectivity index (χ3n) is 2.19. The predicted molar refractivity (Wildman–Crippen MR) is 67.7 cm³/mol. The van der Waals surface area contributed by atoms with Gasteiger partial charge < -0.3 is 0 Å². The van der Waals surface area contributed by atoms with E-state index in [1.807, 2.05) is 26.8 Å². The van der Waals surface area contributed by atoms with E-state index in [1.165, 1.54) is 11.3 Å². The number of nitrogens with zero attached hydrogens (tertiary/aromatic N) is 2. The van der Waals surface area contributed by atoms with Gasteiger partial charge in [-0.1, -0.05) is 20.8 Å². The molecule has 0 spiro atoms. The lowest BCUT2D eigenvalue weighted by atomic mass is 9.96. The molecule has 1 rings (SSSR count). The number of hydrogen-bond acceptors (Lipinski definition) is 5. The van der Waals surface area contributed by atoms with E-state index in [-0.39, 0.29) is 21.9 Å². The third kappa shape index (κ3) is 3.79. The van der Waals surface area contributed by atoms with Gasteiger partial charge in [0.15, 0.2) is 0 Å². The van der Waals surface area contributed by atoms with E-state index in [4.69, 9.17) is 5.26 Å². The van der Waals surface area contributed by atoms with Crippen molar-refractivity contribution in [2.24, 2.45) is 0 Å². The zero-order valence-corrected chi connectivity index (χ0v) is 11.9. The summed E-state index contributed by atoms with van der Waals surface area (Å²) >= 11 is 1.22. The Bertz CT molecular complexity index is 518. The van der Waals surface area contributed by atoms with E-state index in [1.54, 1.807) is 6.20 Å². The molecule has 1 heterocycles. The first kappa shape index (κ1) is 14.1. The van der Waals surface area contributed by atoms with Crippen LogP contribution >= 0.6 is 11.3 Å². The summed E-state index contributed by atoms with van der Waals surface area (Å²) in [6.07, 6.45) is 2.25. The molecule has 0 aliphatic rings. The second-order valence-corrected chi connectivity index (χ2v) is 8.13. The van der Waals surface area contributed by atoms with Gasteiger partial charge in [-0.3, -0.25) is 0 Å². The van der Waals surface area contributed by atoms with Crippen LogP contribution in [0.1, 0.15) is 38.5 Å². The largest absolute Gasteiger partial charge is 0.233 e. The van der Waals surface area contributed by atoms with Crippen LogP contribution in [0.5, 0.6) is 0 Å². The Labute approximate surface area is 106 Å². The van der Waals surface area contributed by atoms with E-state index >= 15 is 0 Å². The summed E-state index contributed by atoms with van der Waals surface area (Å²) in [5, 5.41) is 8.39. The predicted octanol–water partition coefficient (Wildman–Crippen LogP) is 2.52. The monoisotopic (exact) mass is 272 g/mol. The summed E-state index contributed by atoms with van der Waals surface area (Å²) in [7, 11) is -3.32. The van der Waals surface area contributed by atoms with Crippen LogP contribution in [0.15, 0.2) is 10.5 Å². The van der Waals surface area contributed by atoms with Crippen LogP contribution in [-0.2, 0) is 15.3 Å². The van der Waals surface area contributed by atoms with E-state index < -0.39 is 9.84 Å². The molecule has 6 heteroatoms. The van der Waals surface area contributed by atoms with Crippen molar-refractivity contribution in [2.45, 2.75) is 43.4 Å². The Kier molecular flexibility index (Phi) is 4.28. The average Bonchev–Trinajstić information content (AvgIpc) is 2.66. The van der Waals surface area contributed by atoms with Gasteiger partial charge in [-0.25, -0.2) is 13.4 Å². The van der Waals surface area contributed by atoms with Gasteiger partial charge in [-0.15, -0.1) is 11.3 Å². The molecule has 4 nitrogen and oxygen atoms in total. The highest BCUT2D eigenvalue weighted by Crippen LogP contribution is 2.30. The summed E-state index contributed by atoms with van der Waals surface area (Å²) in [4.78, 5) is 4.94. The van der Waals surface area contributed by atoms with E-state index in [0.29, 0.717) is 6.42 Å². The summed E-state index contributed by atoms with van der Waals surface area (Å²) in [5.41, 5.74) is -0.0852. The molecule has 1 aromatic rings. The SMILES string of the molecule is CC(C)(C)c1cnc(S(=O)(=O)CCCC#N)s1.